The molecule has 0 spiro atoms. The van der Waals surface area contributed by atoms with Crippen LogP contribution in [0.15, 0.2) is 30.5 Å². The molecule has 0 saturated carbocycles. The van der Waals surface area contributed by atoms with Gasteiger partial charge in [0.1, 0.15) is 11.6 Å². The number of aryl methyl sites for hydroxylation is 2. The summed E-state index contributed by atoms with van der Waals surface area (Å²) in [5.74, 6) is 0.530. The molecule has 1 aromatic heterocycles. The van der Waals surface area contributed by atoms with Crippen molar-refractivity contribution < 1.29 is 9.13 Å². The van der Waals surface area contributed by atoms with Gasteiger partial charge >= 0.3 is 0 Å². The molecule has 4 heteroatoms. The molecule has 2 aromatic rings. The average molecular weight is 274 g/mol. The minimum Gasteiger partial charge on any atom is -0.496 e. The molecule has 1 aromatic carbocycles. The van der Waals surface area contributed by atoms with Crippen molar-refractivity contribution in [3.05, 3.63) is 58.7 Å². The zero-order chi connectivity index (χ0) is 14.7. The molecule has 0 aliphatic rings. The van der Waals surface area contributed by atoms with Gasteiger partial charge in [-0.15, -0.1) is 0 Å². The maximum atomic E-state index is 14.0. The third-order valence-corrected chi connectivity index (χ3v) is 3.44. The quantitative estimate of drug-likeness (QED) is 0.930. The summed E-state index contributed by atoms with van der Waals surface area (Å²) in [6.07, 6.45) is 1.61. The lowest BCUT2D eigenvalue weighted by Crippen LogP contribution is -2.21. The highest BCUT2D eigenvalue weighted by Gasteiger charge is 2.20. The van der Waals surface area contributed by atoms with Crippen LogP contribution in [0.2, 0.25) is 0 Å². The number of nitrogens with one attached hydrogen (secondary N) is 1. The molecule has 2 rings (SSSR count). The van der Waals surface area contributed by atoms with E-state index in [4.69, 9.17) is 4.74 Å². The number of halogens is 1. The Labute approximate surface area is 118 Å². The van der Waals surface area contributed by atoms with Gasteiger partial charge in [0.05, 0.1) is 18.8 Å². The van der Waals surface area contributed by atoms with Gasteiger partial charge in [0, 0.05) is 6.20 Å². The fourth-order valence-electron chi connectivity index (χ4n) is 2.39. The third kappa shape index (κ3) is 2.65. The van der Waals surface area contributed by atoms with Gasteiger partial charge in [-0.1, -0.05) is 6.07 Å². The van der Waals surface area contributed by atoms with Crippen LogP contribution in [0.1, 0.15) is 28.4 Å². The lowest BCUT2D eigenvalue weighted by atomic mass is 9.95. The fraction of sp³-hybridized carbons (Fsp3) is 0.312. The lowest BCUT2D eigenvalue weighted by Gasteiger charge is -2.20. The van der Waals surface area contributed by atoms with E-state index in [0.29, 0.717) is 5.69 Å². The Bertz CT molecular complexity index is 613. The summed E-state index contributed by atoms with van der Waals surface area (Å²) in [4.78, 5) is 4.17. The van der Waals surface area contributed by atoms with E-state index >= 15 is 0 Å². The van der Waals surface area contributed by atoms with Crippen LogP contribution in [0.25, 0.3) is 0 Å². The number of benzene rings is 1. The topological polar surface area (TPSA) is 34.1 Å². The van der Waals surface area contributed by atoms with Crippen LogP contribution in [0, 0.1) is 19.7 Å². The van der Waals surface area contributed by atoms with Gasteiger partial charge in [0.15, 0.2) is 0 Å². The number of aromatic nitrogens is 1. The maximum absolute atomic E-state index is 14.0. The summed E-state index contributed by atoms with van der Waals surface area (Å²) in [7, 11) is 3.45. The molecule has 1 heterocycles. The van der Waals surface area contributed by atoms with Crippen LogP contribution in [0.4, 0.5) is 4.39 Å². The Morgan fingerprint density at radius 2 is 2.00 bits per heavy atom. The van der Waals surface area contributed by atoms with Crippen LogP contribution in [-0.4, -0.2) is 19.1 Å². The lowest BCUT2D eigenvalue weighted by molar-refractivity contribution is 0.411. The van der Waals surface area contributed by atoms with Gasteiger partial charge in [-0.2, -0.15) is 0 Å². The van der Waals surface area contributed by atoms with E-state index in [1.807, 2.05) is 26.0 Å². The van der Waals surface area contributed by atoms with Gasteiger partial charge in [-0.05, 0) is 55.8 Å². The summed E-state index contributed by atoms with van der Waals surface area (Å²) in [5.41, 5.74) is 3.47. The maximum Gasteiger partial charge on any atom is 0.146 e. The molecule has 0 fully saturated rings. The predicted molar refractivity (Wildman–Crippen MR) is 77.6 cm³/mol. The van der Waals surface area contributed by atoms with Crippen LogP contribution < -0.4 is 10.1 Å². The van der Waals surface area contributed by atoms with E-state index in [1.165, 1.54) is 6.07 Å². The molecule has 0 aliphatic carbocycles. The first-order valence-corrected chi connectivity index (χ1v) is 6.51. The summed E-state index contributed by atoms with van der Waals surface area (Å²) in [6, 6.07) is 6.73. The number of hydrogen-bond donors (Lipinski definition) is 1. The van der Waals surface area contributed by atoms with Crippen molar-refractivity contribution in [1.82, 2.24) is 10.3 Å². The normalized spacial score (nSPS) is 12.2. The molecule has 20 heavy (non-hydrogen) atoms. The van der Waals surface area contributed by atoms with Gasteiger partial charge in [0.2, 0.25) is 0 Å². The van der Waals surface area contributed by atoms with E-state index in [9.17, 15) is 4.39 Å². The largest absolute Gasteiger partial charge is 0.496 e. The van der Waals surface area contributed by atoms with Crippen molar-refractivity contribution in [2.75, 3.05) is 14.2 Å². The van der Waals surface area contributed by atoms with E-state index in [0.717, 1.165) is 22.4 Å². The summed E-state index contributed by atoms with van der Waals surface area (Å²) in [5, 5.41) is 3.14. The number of ether oxygens (including phenoxy) is 1. The van der Waals surface area contributed by atoms with Crippen molar-refractivity contribution in [3.8, 4) is 5.75 Å². The van der Waals surface area contributed by atoms with Gasteiger partial charge < -0.3 is 10.1 Å². The molecule has 1 N–H and O–H groups in total. The molecular formula is C16H19FN2O. The number of nitrogens with zero attached hydrogens (tertiary/aromatic N) is 1. The molecule has 106 valence electrons. The predicted octanol–water partition coefficient (Wildman–Crippen LogP) is 3.15. The SMILES string of the molecule is CNC(c1cc(C)c(OC)cc1C)c1ncccc1F. The van der Waals surface area contributed by atoms with Gasteiger partial charge in [0.25, 0.3) is 0 Å². The van der Waals surface area contributed by atoms with E-state index in [2.05, 4.69) is 10.3 Å². The summed E-state index contributed by atoms with van der Waals surface area (Å²) >= 11 is 0. The molecule has 0 radical (unpaired) electrons. The number of pyridine rings is 1. The molecule has 0 amide bonds. The second kappa shape index (κ2) is 6.01. The van der Waals surface area contributed by atoms with Gasteiger partial charge in [-0.3, -0.25) is 4.98 Å². The number of rotatable bonds is 4. The Morgan fingerprint density at radius 1 is 1.25 bits per heavy atom. The smallest absolute Gasteiger partial charge is 0.146 e. The first-order valence-electron chi connectivity index (χ1n) is 6.51. The van der Waals surface area contributed by atoms with Crippen molar-refractivity contribution in [1.29, 1.82) is 0 Å². The zero-order valence-electron chi connectivity index (χ0n) is 12.2. The van der Waals surface area contributed by atoms with Crippen LogP contribution in [-0.2, 0) is 0 Å². The number of methoxy groups -OCH3 is 1. The highest BCUT2D eigenvalue weighted by atomic mass is 19.1. The zero-order valence-corrected chi connectivity index (χ0v) is 12.2. The Balaban J connectivity index is 2.53. The number of hydrogen-bond acceptors (Lipinski definition) is 3. The van der Waals surface area contributed by atoms with Crippen LogP contribution in [0.5, 0.6) is 5.75 Å². The van der Waals surface area contributed by atoms with E-state index in [1.54, 1.807) is 26.4 Å². The Hall–Kier alpha value is -1.94. The third-order valence-electron chi connectivity index (χ3n) is 3.44. The molecule has 0 saturated heterocycles. The molecule has 0 aliphatic heterocycles. The standard InChI is InChI=1S/C16H19FN2O/c1-10-9-14(20-4)11(2)8-12(10)15(18-3)16-13(17)6-5-7-19-16/h5-9,15,18H,1-4H3. The summed E-state index contributed by atoms with van der Waals surface area (Å²) < 4.78 is 19.3. The first kappa shape index (κ1) is 14.5. The fourth-order valence-corrected chi connectivity index (χ4v) is 2.39. The minimum absolute atomic E-state index is 0.277. The highest BCUT2D eigenvalue weighted by Crippen LogP contribution is 2.30. The van der Waals surface area contributed by atoms with Crippen LogP contribution >= 0.6 is 0 Å². The monoisotopic (exact) mass is 274 g/mol. The average Bonchev–Trinajstić information content (AvgIpc) is 2.45. The molecule has 1 atom stereocenters. The second-order valence-electron chi connectivity index (χ2n) is 4.77. The van der Waals surface area contributed by atoms with E-state index < -0.39 is 0 Å². The molecule has 0 bridgehead atoms. The molecule has 3 nitrogen and oxygen atoms in total. The van der Waals surface area contributed by atoms with Gasteiger partial charge in [-0.25, -0.2) is 4.39 Å². The van der Waals surface area contributed by atoms with Crippen molar-refractivity contribution in [2.24, 2.45) is 0 Å². The van der Waals surface area contributed by atoms with E-state index in [-0.39, 0.29) is 11.9 Å². The van der Waals surface area contributed by atoms with Crippen LogP contribution in [0.3, 0.4) is 0 Å². The first-order chi connectivity index (χ1) is 9.58. The molecular weight excluding hydrogens is 255 g/mol. The Morgan fingerprint density at radius 3 is 2.60 bits per heavy atom. The minimum atomic E-state index is -0.306. The Kier molecular flexibility index (Phi) is 4.35. The van der Waals surface area contributed by atoms with Crippen molar-refractivity contribution in [2.45, 2.75) is 19.9 Å². The van der Waals surface area contributed by atoms with Crippen molar-refractivity contribution >= 4 is 0 Å². The second-order valence-corrected chi connectivity index (χ2v) is 4.77. The molecule has 1 unspecified atom stereocenters. The summed E-state index contributed by atoms with van der Waals surface area (Å²) in [6.45, 7) is 3.96. The highest BCUT2D eigenvalue weighted by molar-refractivity contribution is 5.45. The van der Waals surface area contributed by atoms with Crippen molar-refractivity contribution in [3.63, 3.8) is 0 Å².